The number of anilines is 1. The molecule has 0 aromatic heterocycles. The zero-order chi connectivity index (χ0) is 21.9. The quantitative estimate of drug-likeness (QED) is 0.597. The Morgan fingerprint density at radius 1 is 1.00 bits per heavy atom. The molecule has 0 saturated carbocycles. The normalized spacial score (nSPS) is 12.0. The molecule has 0 unspecified atom stereocenters. The maximum atomic E-state index is 13.0. The van der Waals surface area contributed by atoms with Crippen molar-refractivity contribution in [3.63, 3.8) is 0 Å². The number of rotatable bonds is 7. The summed E-state index contributed by atoms with van der Waals surface area (Å²) in [5.74, 6) is -0.658. The average Bonchev–Trinajstić information content (AvgIpc) is 2.69. The highest BCUT2D eigenvalue weighted by atomic mass is 32.2. The molecular weight excluding hydrogens is 407 g/mol. The van der Waals surface area contributed by atoms with Crippen molar-refractivity contribution < 1.29 is 22.3 Å². The lowest BCUT2D eigenvalue weighted by Crippen LogP contribution is -2.52. The Morgan fingerprint density at radius 3 is 2.27 bits per heavy atom. The predicted molar refractivity (Wildman–Crippen MR) is 115 cm³/mol. The van der Waals surface area contributed by atoms with Gasteiger partial charge in [0.15, 0.2) is 0 Å². The molecule has 1 amide bonds. The fraction of sp³-hybridized carbons (Fsp3) is 0.227. The first kappa shape index (κ1) is 21.7. The molecule has 0 saturated heterocycles. The highest BCUT2D eigenvalue weighted by Gasteiger charge is 2.33. The number of nitrogens with one attached hydrogen (secondary N) is 2. The number of sulfonamides is 1. The molecule has 3 rings (SSSR count). The summed E-state index contributed by atoms with van der Waals surface area (Å²) in [6.45, 7) is 2.96. The molecule has 0 atom stereocenters. The largest absolute Gasteiger partial charge is 0.496 e. The summed E-state index contributed by atoms with van der Waals surface area (Å²) >= 11 is 0. The third-order valence-electron chi connectivity index (χ3n) is 4.60. The Morgan fingerprint density at radius 2 is 1.63 bits per heavy atom. The minimum absolute atomic E-state index is 0.366. The van der Waals surface area contributed by atoms with E-state index >= 15 is 0 Å². The van der Waals surface area contributed by atoms with Gasteiger partial charge in [0.05, 0.1) is 12.9 Å². The number of amides is 1. The number of fused-ring (bicyclic) bond motifs is 1. The summed E-state index contributed by atoms with van der Waals surface area (Å²) < 4.78 is 45.9. The molecular formula is C22H23FN2O4S. The van der Waals surface area contributed by atoms with Crippen LogP contribution in [0, 0.1) is 5.82 Å². The number of methoxy groups -OCH3 is 1. The van der Waals surface area contributed by atoms with Crippen LogP contribution in [0.5, 0.6) is 5.75 Å². The summed E-state index contributed by atoms with van der Waals surface area (Å²) in [5, 5.41) is 4.40. The van der Waals surface area contributed by atoms with Crippen molar-refractivity contribution in [3.8, 4) is 5.75 Å². The summed E-state index contributed by atoms with van der Waals surface area (Å²) in [7, 11) is -2.28. The van der Waals surface area contributed by atoms with Crippen molar-refractivity contribution >= 4 is 32.4 Å². The van der Waals surface area contributed by atoms with Gasteiger partial charge in [-0.15, -0.1) is 0 Å². The molecule has 6 nitrogen and oxygen atoms in total. The Labute approximate surface area is 175 Å². The highest BCUT2D eigenvalue weighted by molar-refractivity contribution is 7.88. The maximum absolute atomic E-state index is 13.0. The van der Waals surface area contributed by atoms with Crippen LogP contribution in [-0.4, -0.2) is 27.0 Å². The fourth-order valence-corrected chi connectivity index (χ4v) is 4.68. The van der Waals surface area contributed by atoms with Gasteiger partial charge in [-0.2, -0.15) is 4.72 Å². The van der Waals surface area contributed by atoms with Crippen LogP contribution in [0.2, 0.25) is 0 Å². The third kappa shape index (κ3) is 4.95. The Balaban J connectivity index is 1.79. The molecule has 0 aliphatic carbocycles. The number of hydrogen-bond donors (Lipinski definition) is 2. The second-order valence-electron chi connectivity index (χ2n) is 7.43. The summed E-state index contributed by atoms with van der Waals surface area (Å²) in [5.41, 5.74) is -0.455. The van der Waals surface area contributed by atoms with Crippen molar-refractivity contribution in [2.24, 2.45) is 0 Å². The van der Waals surface area contributed by atoms with E-state index in [0.717, 1.165) is 10.8 Å². The molecule has 0 heterocycles. The fourth-order valence-electron chi connectivity index (χ4n) is 3.11. The molecule has 0 spiro atoms. The van der Waals surface area contributed by atoms with Gasteiger partial charge in [0.2, 0.25) is 15.9 Å². The van der Waals surface area contributed by atoms with E-state index in [4.69, 9.17) is 4.74 Å². The smallest absolute Gasteiger partial charge is 0.245 e. The first-order valence-corrected chi connectivity index (χ1v) is 10.9. The Bertz CT molecular complexity index is 1180. The maximum Gasteiger partial charge on any atom is 0.245 e. The molecule has 8 heteroatoms. The highest BCUT2D eigenvalue weighted by Crippen LogP contribution is 2.31. The van der Waals surface area contributed by atoms with Gasteiger partial charge in [0, 0.05) is 16.5 Å². The van der Waals surface area contributed by atoms with Crippen LogP contribution >= 0.6 is 0 Å². The average molecular weight is 431 g/mol. The van der Waals surface area contributed by atoms with Crippen molar-refractivity contribution in [2.75, 3.05) is 12.4 Å². The van der Waals surface area contributed by atoms with Gasteiger partial charge in [-0.1, -0.05) is 36.4 Å². The molecule has 3 aromatic rings. The van der Waals surface area contributed by atoms with Crippen molar-refractivity contribution in [1.82, 2.24) is 4.72 Å². The van der Waals surface area contributed by atoms with Crippen LogP contribution in [0.1, 0.15) is 19.4 Å². The van der Waals surface area contributed by atoms with E-state index < -0.39 is 27.3 Å². The second kappa shape index (κ2) is 8.41. The standard InChI is InChI=1S/C22H23FN2O4S/c1-22(2,25-30(27,28)14-15-8-10-16(23)11-9-15)21(26)24-19-12-13-20(29-3)18-7-5-4-6-17(18)19/h4-13,25H,14H2,1-3H3,(H,24,26). The van der Waals surface area contributed by atoms with E-state index in [0.29, 0.717) is 17.0 Å². The van der Waals surface area contributed by atoms with E-state index in [2.05, 4.69) is 10.0 Å². The van der Waals surface area contributed by atoms with Gasteiger partial charge in [0.1, 0.15) is 17.1 Å². The first-order valence-electron chi connectivity index (χ1n) is 9.24. The van der Waals surface area contributed by atoms with Crippen molar-refractivity contribution in [1.29, 1.82) is 0 Å². The molecule has 3 aromatic carbocycles. The lowest BCUT2D eigenvalue weighted by molar-refractivity contribution is -0.120. The van der Waals surface area contributed by atoms with Gasteiger partial charge in [-0.05, 0) is 43.7 Å². The van der Waals surface area contributed by atoms with E-state index in [1.807, 2.05) is 24.3 Å². The number of carbonyl (C=O) groups is 1. The Kier molecular flexibility index (Phi) is 6.09. The monoisotopic (exact) mass is 430 g/mol. The van der Waals surface area contributed by atoms with Gasteiger partial charge in [-0.3, -0.25) is 4.79 Å². The molecule has 2 N–H and O–H groups in total. The van der Waals surface area contributed by atoms with E-state index in [9.17, 15) is 17.6 Å². The predicted octanol–water partition coefficient (Wildman–Crippen LogP) is 3.82. The van der Waals surface area contributed by atoms with E-state index in [1.165, 1.54) is 38.1 Å². The third-order valence-corrected chi connectivity index (χ3v) is 6.14. The Hall–Kier alpha value is -2.97. The summed E-state index contributed by atoms with van der Waals surface area (Å²) in [6.07, 6.45) is 0. The van der Waals surface area contributed by atoms with Crippen LogP contribution in [0.15, 0.2) is 60.7 Å². The van der Waals surface area contributed by atoms with Gasteiger partial charge >= 0.3 is 0 Å². The molecule has 30 heavy (non-hydrogen) atoms. The minimum Gasteiger partial charge on any atom is -0.496 e. The van der Waals surface area contributed by atoms with Crippen molar-refractivity contribution in [3.05, 3.63) is 72.0 Å². The molecule has 158 valence electrons. The lowest BCUT2D eigenvalue weighted by atomic mass is 10.0. The van der Waals surface area contributed by atoms with E-state index in [1.54, 1.807) is 19.2 Å². The molecule has 0 aliphatic rings. The lowest BCUT2D eigenvalue weighted by Gasteiger charge is -2.25. The minimum atomic E-state index is -3.85. The zero-order valence-corrected chi connectivity index (χ0v) is 17.7. The van der Waals surface area contributed by atoms with Crippen LogP contribution < -0.4 is 14.8 Å². The first-order chi connectivity index (χ1) is 14.1. The number of ether oxygens (including phenoxy) is 1. The van der Waals surface area contributed by atoms with Crippen LogP contribution in [0.3, 0.4) is 0 Å². The van der Waals surface area contributed by atoms with Crippen LogP contribution in [-0.2, 0) is 20.6 Å². The number of benzene rings is 3. The van der Waals surface area contributed by atoms with Crippen molar-refractivity contribution in [2.45, 2.75) is 25.1 Å². The molecule has 0 fully saturated rings. The van der Waals surface area contributed by atoms with Gasteiger partial charge < -0.3 is 10.1 Å². The molecule has 0 radical (unpaired) electrons. The van der Waals surface area contributed by atoms with Gasteiger partial charge in [-0.25, -0.2) is 12.8 Å². The zero-order valence-electron chi connectivity index (χ0n) is 16.9. The SMILES string of the molecule is COc1ccc(NC(=O)C(C)(C)NS(=O)(=O)Cc2ccc(F)cc2)c2ccccc12. The number of carbonyl (C=O) groups excluding carboxylic acids is 1. The topological polar surface area (TPSA) is 84.5 Å². The summed E-state index contributed by atoms with van der Waals surface area (Å²) in [6, 6.07) is 16.1. The second-order valence-corrected chi connectivity index (χ2v) is 9.15. The number of hydrogen-bond acceptors (Lipinski definition) is 4. The molecule has 0 aliphatic heterocycles. The number of halogens is 1. The van der Waals surface area contributed by atoms with Crippen LogP contribution in [0.25, 0.3) is 10.8 Å². The summed E-state index contributed by atoms with van der Waals surface area (Å²) in [4.78, 5) is 12.9. The van der Waals surface area contributed by atoms with Gasteiger partial charge in [0.25, 0.3) is 0 Å². The molecule has 0 bridgehead atoms. The van der Waals surface area contributed by atoms with E-state index in [-0.39, 0.29) is 5.75 Å². The van der Waals surface area contributed by atoms with Crippen LogP contribution in [0.4, 0.5) is 10.1 Å².